The van der Waals surface area contributed by atoms with Crippen LogP contribution in [0.15, 0.2) is 22.7 Å². The van der Waals surface area contributed by atoms with Crippen LogP contribution in [0, 0.1) is 12.3 Å². The van der Waals surface area contributed by atoms with E-state index in [-0.39, 0.29) is 12.5 Å². The van der Waals surface area contributed by atoms with Crippen molar-refractivity contribution < 1.29 is 9.53 Å². The third-order valence-electron chi connectivity index (χ3n) is 3.38. The first kappa shape index (κ1) is 15.9. The maximum absolute atomic E-state index is 12.0. The molecule has 1 aliphatic rings. The lowest BCUT2D eigenvalue weighted by Crippen LogP contribution is -2.36. The molecule has 1 aromatic carbocycles. The van der Waals surface area contributed by atoms with Crippen molar-refractivity contribution >= 4 is 21.8 Å². The third kappa shape index (κ3) is 4.76. The molecule has 1 N–H and O–H groups in total. The summed E-state index contributed by atoms with van der Waals surface area (Å²) in [4.78, 5) is 13.9. The fourth-order valence-corrected chi connectivity index (χ4v) is 2.74. The Bertz CT molecular complexity index is 534. The number of halogens is 1. The summed E-state index contributed by atoms with van der Waals surface area (Å²) in [6, 6.07) is 5.75. The number of hydrogen-bond donors (Lipinski definition) is 1. The molecule has 1 aliphatic heterocycles. The zero-order chi connectivity index (χ0) is 15.1. The first-order chi connectivity index (χ1) is 10.2. The summed E-state index contributed by atoms with van der Waals surface area (Å²) in [5, 5.41) is 3.18. The van der Waals surface area contributed by atoms with Gasteiger partial charge in [-0.1, -0.05) is 21.9 Å². The lowest BCUT2D eigenvalue weighted by molar-refractivity contribution is -0.129. The number of rotatable bonds is 6. The van der Waals surface area contributed by atoms with Crippen LogP contribution in [0.4, 0.5) is 0 Å². The molecule has 0 aromatic heterocycles. The maximum atomic E-state index is 12.0. The smallest absolute Gasteiger partial charge is 0.236 e. The zero-order valence-electron chi connectivity index (χ0n) is 11.9. The lowest BCUT2D eigenvalue weighted by Gasteiger charge is -2.16. The Balaban J connectivity index is 1.88. The molecule has 1 heterocycles. The highest BCUT2D eigenvalue weighted by molar-refractivity contribution is 9.10. The minimum Gasteiger partial charge on any atom is -0.481 e. The SMILES string of the molecule is C#CCOc1ccc(Br)cc1CNCC(=O)N1CCCC1. The highest BCUT2D eigenvalue weighted by Crippen LogP contribution is 2.23. The van der Waals surface area contributed by atoms with Crippen LogP contribution in [0.25, 0.3) is 0 Å². The Labute approximate surface area is 134 Å². The van der Waals surface area contributed by atoms with Crippen molar-refractivity contribution in [3.63, 3.8) is 0 Å². The number of carbonyl (C=O) groups excluding carboxylic acids is 1. The highest BCUT2D eigenvalue weighted by Gasteiger charge is 2.17. The van der Waals surface area contributed by atoms with E-state index in [2.05, 4.69) is 27.2 Å². The molecule has 21 heavy (non-hydrogen) atoms. The molecule has 0 unspecified atom stereocenters. The standard InChI is InChI=1S/C16H19BrN2O2/c1-2-9-21-15-6-5-14(17)10-13(15)11-18-12-16(20)19-7-3-4-8-19/h1,5-6,10,18H,3-4,7-9,11-12H2. The number of hydrogen-bond acceptors (Lipinski definition) is 3. The van der Waals surface area contributed by atoms with Gasteiger partial charge in [0.2, 0.25) is 5.91 Å². The van der Waals surface area contributed by atoms with Gasteiger partial charge in [-0.3, -0.25) is 4.79 Å². The predicted molar refractivity (Wildman–Crippen MR) is 86.0 cm³/mol. The quantitative estimate of drug-likeness (QED) is 0.799. The van der Waals surface area contributed by atoms with Gasteiger partial charge in [-0.05, 0) is 31.0 Å². The van der Waals surface area contributed by atoms with Gasteiger partial charge in [-0.2, -0.15) is 0 Å². The normalized spacial score (nSPS) is 14.0. The topological polar surface area (TPSA) is 41.6 Å². The summed E-state index contributed by atoms with van der Waals surface area (Å²) in [5.74, 6) is 3.36. The molecule has 1 fully saturated rings. The third-order valence-corrected chi connectivity index (χ3v) is 3.88. The molecule has 0 bridgehead atoms. The minimum absolute atomic E-state index is 0.161. The van der Waals surface area contributed by atoms with Crippen LogP contribution in [0.5, 0.6) is 5.75 Å². The van der Waals surface area contributed by atoms with E-state index in [1.54, 1.807) is 0 Å². The molecule has 0 saturated carbocycles. The van der Waals surface area contributed by atoms with E-state index in [1.807, 2.05) is 23.1 Å². The Morgan fingerprint density at radius 2 is 2.19 bits per heavy atom. The summed E-state index contributed by atoms with van der Waals surface area (Å²) in [5.41, 5.74) is 0.980. The van der Waals surface area contributed by atoms with Crippen molar-refractivity contribution in [3.05, 3.63) is 28.2 Å². The second-order valence-corrected chi connectivity index (χ2v) is 5.85. The molecule has 4 nitrogen and oxygen atoms in total. The van der Waals surface area contributed by atoms with Crippen LogP contribution in [0.1, 0.15) is 18.4 Å². The molecule has 5 heteroatoms. The number of terminal acetylenes is 1. The Morgan fingerprint density at radius 1 is 1.43 bits per heavy atom. The van der Waals surface area contributed by atoms with Gasteiger partial charge in [0, 0.05) is 29.7 Å². The van der Waals surface area contributed by atoms with Crippen LogP contribution in [0.2, 0.25) is 0 Å². The van der Waals surface area contributed by atoms with E-state index < -0.39 is 0 Å². The Hall–Kier alpha value is -1.51. The van der Waals surface area contributed by atoms with Gasteiger partial charge in [0.1, 0.15) is 12.4 Å². The fraction of sp³-hybridized carbons (Fsp3) is 0.438. The average molecular weight is 351 g/mol. The molecular weight excluding hydrogens is 332 g/mol. The summed E-state index contributed by atoms with van der Waals surface area (Å²) in [7, 11) is 0. The first-order valence-corrected chi connectivity index (χ1v) is 7.83. The van der Waals surface area contributed by atoms with Crippen LogP contribution in [-0.4, -0.2) is 37.0 Å². The van der Waals surface area contributed by atoms with Gasteiger partial charge in [-0.25, -0.2) is 0 Å². The van der Waals surface area contributed by atoms with Crippen molar-refractivity contribution in [2.24, 2.45) is 0 Å². The van der Waals surface area contributed by atoms with Gasteiger partial charge in [0.15, 0.2) is 0 Å². The average Bonchev–Trinajstić information content (AvgIpc) is 3.00. The molecule has 0 spiro atoms. The van der Waals surface area contributed by atoms with Crippen molar-refractivity contribution in [2.75, 3.05) is 26.2 Å². The molecule has 0 radical (unpaired) electrons. The highest BCUT2D eigenvalue weighted by atomic mass is 79.9. The summed E-state index contributed by atoms with van der Waals surface area (Å²) < 4.78 is 6.48. The van der Waals surface area contributed by atoms with E-state index in [1.165, 1.54) is 0 Å². The number of nitrogens with zero attached hydrogens (tertiary/aromatic N) is 1. The van der Waals surface area contributed by atoms with E-state index in [4.69, 9.17) is 11.2 Å². The molecule has 0 atom stereocenters. The van der Waals surface area contributed by atoms with Gasteiger partial charge >= 0.3 is 0 Å². The Morgan fingerprint density at radius 3 is 2.90 bits per heavy atom. The largest absolute Gasteiger partial charge is 0.481 e. The first-order valence-electron chi connectivity index (χ1n) is 7.04. The monoisotopic (exact) mass is 350 g/mol. The van der Waals surface area contributed by atoms with E-state index in [9.17, 15) is 4.79 Å². The van der Waals surface area contributed by atoms with E-state index in [0.29, 0.717) is 13.1 Å². The second-order valence-electron chi connectivity index (χ2n) is 4.94. The number of carbonyl (C=O) groups is 1. The van der Waals surface area contributed by atoms with Crippen LogP contribution < -0.4 is 10.1 Å². The fourth-order valence-electron chi connectivity index (χ4n) is 2.33. The number of ether oxygens (including phenoxy) is 1. The zero-order valence-corrected chi connectivity index (χ0v) is 13.5. The number of amides is 1. The summed E-state index contributed by atoms with van der Waals surface area (Å²) in [6.45, 7) is 2.92. The van der Waals surface area contributed by atoms with Crippen LogP contribution in [0.3, 0.4) is 0 Å². The predicted octanol–water partition coefficient (Wildman–Crippen LogP) is 2.17. The summed E-state index contributed by atoms with van der Waals surface area (Å²) in [6.07, 6.45) is 7.44. The molecular formula is C16H19BrN2O2. The number of nitrogens with one attached hydrogen (secondary N) is 1. The number of benzene rings is 1. The van der Waals surface area contributed by atoms with Gasteiger partial charge in [0.25, 0.3) is 0 Å². The van der Waals surface area contributed by atoms with Gasteiger partial charge in [0.05, 0.1) is 6.54 Å². The van der Waals surface area contributed by atoms with Gasteiger partial charge in [-0.15, -0.1) is 6.42 Å². The minimum atomic E-state index is 0.161. The van der Waals surface area contributed by atoms with Crippen LogP contribution >= 0.6 is 15.9 Å². The van der Waals surface area contributed by atoms with Crippen molar-refractivity contribution in [3.8, 4) is 18.1 Å². The molecule has 0 aliphatic carbocycles. The molecule has 2 rings (SSSR count). The molecule has 1 saturated heterocycles. The van der Waals surface area contributed by atoms with Gasteiger partial charge < -0.3 is 15.0 Å². The Kier molecular flexibility index (Phi) is 6.09. The van der Waals surface area contributed by atoms with E-state index in [0.717, 1.165) is 41.7 Å². The number of likely N-dealkylation sites (tertiary alicyclic amines) is 1. The molecule has 1 amide bonds. The second kappa shape index (κ2) is 8.06. The maximum Gasteiger partial charge on any atom is 0.236 e. The summed E-state index contributed by atoms with van der Waals surface area (Å²) >= 11 is 3.44. The molecule has 112 valence electrons. The van der Waals surface area contributed by atoms with Crippen molar-refractivity contribution in [2.45, 2.75) is 19.4 Å². The van der Waals surface area contributed by atoms with Crippen LogP contribution in [-0.2, 0) is 11.3 Å². The lowest BCUT2D eigenvalue weighted by atomic mass is 10.2. The van der Waals surface area contributed by atoms with Crippen molar-refractivity contribution in [1.82, 2.24) is 10.2 Å². The van der Waals surface area contributed by atoms with Crippen molar-refractivity contribution in [1.29, 1.82) is 0 Å². The van der Waals surface area contributed by atoms with E-state index >= 15 is 0 Å². The molecule has 1 aromatic rings.